The van der Waals surface area contributed by atoms with Crippen LogP contribution in [0, 0.1) is 0 Å². The fourth-order valence-corrected chi connectivity index (χ4v) is 2.39. The summed E-state index contributed by atoms with van der Waals surface area (Å²) in [7, 11) is 0. The van der Waals surface area contributed by atoms with Gasteiger partial charge in [0.2, 0.25) is 0 Å². The SMILES string of the molecule is CCn1ccnc1CC(N)c1ccc(Cl)c(Br)c1. The van der Waals surface area contributed by atoms with Crippen molar-refractivity contribution < 1.29 is 0 Å². The number of imidazole rings is 1. The van der Waals surface area contributed by atoms with Gasteiger partial charge in [0, 0.05) is 35.9 Å². The molecule has 1 aromatic carbocycles. The highest BCUT2D eigenvalue weighted by Crippen LogP contribution is 2.26. The van der Waals surface area contributed by atoms with Gasteiger partial charge in [0.05, 0.1) is 5.02 Å². The molecule has 2 rings (SSSR count). The zero-order valence-corrected chi connectivity index (χ0v) is 12.4. The first-order valence-corrected chi connectivity index (χ1v) is 6.99. The molecular weight excluding hydrogens is 314 g/mol. The number of halogens is 2. The van der Waals surface area contributed by atoms with Gasteiger partial charge in [-0.1, -0.05) is 17.7 Å². The molecule has 3 nitrogen and oxygen atoms in total. The molecule has 0 saturated carbocycles. The van der Waals surface area contributed by atoms with Crippen LogP contribution >= 0.6 is 27.5 Å². The smallest absolute Gasteiger partial charge is 0.110 e. The highest BCUT2D eigenvalue weighted by Gasteiger charge is 2.12. The number of aromatic nitrogens is 2. The maximum absolute atomic E-state index is 6.21. The second-order valence-electron chi connectivity index (χ2n) is 4.11. The molecule has 0 aliphatic carbocycles. The maximum Gasteiger partial charge on any atom is 0.110 e. The molecule has 0 radical (unpaired) electrons. The van der Waals surface area contributed by atoms with E-state index in [0.717, 1.165) is 28.8 Å². The van der Waals surface area contributed by atoms with Crippen molar-refractivity contribution in [2.75, 3.05) is 0 Å². The van der Waals surface area contributed by atoms with E-state index in [0.29, 0.717) is 5.02 Å². The monoisotopic (exact) mass is 327 g/mol. The summed E-state index contributed by atoms with van der Waals surface area (Å²) in [6.45, 7) is 3.00. The third-order valence-electron chi connectivity index (χ3n) is 2.92. The fourth-order valence-electron chi connectivity index (χ4n) is 1.88. The van der Waals surface area contributed by atoms with Crippen molar-refractivity contribution in [3.63, 3.8) is 0 Å². The first-order chi connectivity index (χ1) is 8.61. The van der Waals surface area contributed by atoms with Gasteiger partial charge in [-0.05, 0) is 40.5 Å². The zero-order valence-electron chi connectivity index (χ0n) is 10.1. The highest BCUT2D eigenvalue weighted by molar-refractivity contribution is 9.10. The van der Waals surface area contributed by atoms with Crippen molar-refractivity contribution in [2.24, 2.45) is 5.73 Å². The maximum atomic E-state index is 6.21. The molecule has 2 N–H and O–H groups in total. The Morgan fingerprint density at radius 1 is 1.50 bits per heavy atom. The summed E-state index contributed by atoms with van der Waals surface area (Å²) in [6, 6.07) is 5.70. The predicted octanol–water partition coefficient (Wildman–Crippen LogP) is 3.56. The van der Waals surface area contributed by atoms with Crippen LogP contribution in [-0.2, 0) is 13.0 Å². The van der Waals surface area contributed by atoms with E-state index in [9.17, 15) is 0 Å². The Balaban J connectivity index is 2.16. The first-order valence-electron chi connectivity index (χ1n) is 5.82. The summed E-state index contributed by atoms with van der Waals surface area (Å²) in [5.74, 6) is 1.01. The third-order valence-corrected chi connectivity index (χ3v) is 4.13. The van der Waals surface area contributed by atoms with Crippen molar-refractivity contribution in [3.8, 4) is 0 Å². The minimum absolute atomic E-state index is 0.0775. The minimum atomic E-state index is -0.0775. The lowest BCUT2D eigenvalue weighted by Crippen LogP contribution is -2.16. The van der Waals surface area contributed by atoms with Gasteiger partial charge in [-0.3, -0.25) is 0 Å². The molecule has 0 spiro atoms. The summed E-state index contributed by atoms with van der Waals surface area (Å²) >= 11 is 9.38. The Morgan fingerprint density at radius 2 is 2.28 bits per heavy atom. The van der Waals surface area contributed by atoms with Crippen molar-refractivity contribution in [3.05, 3.63) is 51.5 Å². The molecule has 96 valence electrons. The minimum Gasteiger partial charge on any atom is -0.335 e. The summed E-state index contributed by atoms with van der Waals surface area (Å²) in [5, 5.41) is 0.695. The van der Waals surface area contributed by atoms with E-state index in [1.807, 2.05) is 30.6 Å². The molecule has 0 amide bonds. The molecule has 0 aliphatic heterocycles. The van der Waals surface area contributed by atoms with Crippen molar-refractivity contribution in [2.45, 2.75) is 25.9 Å². The molecule has 0 aliphatic rings. The molecule has 0 bridgehead atoms. The second kappa shape index (κ2) is 5.87. The number of hydrogen-bond acceptors (Lipinski definition) is 2. The van der Waals surface area contributed by atoms with E-state index in [4.69, 9.17) is 17.3 Å². The number of nitrogens with two attached hydrogens (primary N) is 1. The topological polar surface area (TPSA) is 43.8 Å². The number of hydrogen-bond donors (Lipinski definition) is 1. The standard InChI is InChI=1S/C13H15BrClN3/c1-2-18-6-5-17-13(18)8-12(16)9-3-4-11(15)10(14)7-9/h3-7,12H,2,8,16H2,1H3. The van der Waals surface area contributed by atoms with E-state index in [-0.39, 0.29) is 6.04 Å². The largest absolute Gasteiger partial charge is 0.335 e. The van der Waals surface area contributed by atoms with E-state index in [1.54, 1.807) is 0 Å². The Kier molecular flexibility index (Phi) is 4.43. The van der Waals surface area contributed by atoms with E-state index >= 15 is 0 Å². The molecule has 0 saturated heterocycles. The van der Waals surface area contributed by atoms with E-state index in [1.165, 1.54) is 0 Å². The van der Waals surface area contributed by atoms with Crippen LogP contribution in [0.5, 0.6) is 0 Å². The normalized spacial score (nSPS) is 12.7. The second-order valence-corrected chi connectivity index (χ2v) is 5.38. The van der Waals surface area contributed by atoms with Crippen molar-refractivity contribution in [1.29, 1.82) is 0 Å². The van der Waals surface area contributed by atoms with E-state index in [2.05, 4.69) is 32.4 Å². The third kappa shape index (κ3) is 2.94. The zero-order chi connectivity index (χ0) is 13.1. The molecule has 1 aromatic heterocycles. The van der Waals surface area contributed by atoms with Crippen LogP contribution in [0.2, 0.25) is 5.02 Å². The predicted molar refractivity (Wildman–Crippen MR) is 77.7 cm³/mol. The summed E-state index contributed by atoms with van der Waals surface area (Å²) in [6.07, 6.45) is 4.50. The molecule has 0 fully saturated rings. The number of benzene rings is 1. The first kappa shape index (κ1) is 13.6. The van der Waals surface area contributed by atoms with E-state index < -0.39 is 0 Å². The van der Waals surface area contributed by atoms with Gasteiger partial charge >= 0.3 is 0 Å². The van der Waals surface area contributed by atoms with Crippen LogP contribution in [0.25, 0.3) is 0 Å². The van der Waals surface area contributed by atoms with Crippen molar-refractivity contribution in [1.82, 2.24) is 9.55 Å². The Bertz CT molecular complexity index is 539. The molecule has 1 heterocycles. The molecule has 1 atom stereocenters. The lowest BCUT2D eigenvalue weighted by molar-refractivity contribution is 0.628. The average molecular weight is 329 g/mol. The van der Waals surface area contributed by atoms with Crippen LogP contribution in [0.3, 0.4) is 0 Å². The molecular formula is C13H15BrClN3. The van der Waals surface area contributed by atoms with Gasteiger partial charge < -0.3 is 10.3 Å². The summed E-state index contributed by atoms with van der Waals surface area (Å²) < 4.78 is 2.97. The average Bonchev–Trinajstić information content (AvgIpc) is 2.79. The molecule has 2 aromatic rings. The van der Waals surface area contributed by atoms with Crippen molar-refractivity contribution >= 4 is 27.5 Å². The molecule has 1 unspecified atom stereocenters. The van der Waals surface area contributed by atoms with Gasteiger partial charge in [0.15, 0.2) is 0 Å². The Hall–Kier alpha value is -0.840. The van der Waals surface area contributed by atoms with Crippen LogP contribution < -0.4 is 5.73 Å². The van der Waals surface area contributed by atoms with Crippen LogP contribution in [-0.4, -0.2) is 9.55 Å². The Labute approximate surface area is 120 Å². The summed E-state index contributed by atoms with van der Waals surface area (Å²) in [5.41, 5.74) is 7.26. The lowest BCUT2D eigenvalue weighted by Gasteiger charge is -2.13. The van der Waals surface area contributed by atoms with Gasteiger partial charge in [-0.25, -0.2) is 4.98 Å². The van der Waals surface area contributed by atoms with Crippen LogP contribution in [0.15, 0.2) is 35.1 Å². The lowest BCUT2D eigenvalue weighted by atomic mass is 10.0. The number of rotatable bonds is 4. The molecule has 18 heavy (non-hydrogen) atoms. The number of aryl methyl sites for hydroxylation is 1. The van der Waals surface area contributed by atoms with Crippen LogP contribution in [0.1, 0.15) is 24.4 Å². The van der Waals surface area contributed by atoms with Gasteiger partial charge in [-0.15, -0.1) is 0 Å². The van der Waals surface area contributed by atoms with Gasteiger partial charge in [0.25, 0.3) is 0 Å². The van der Waals surface area contributed by atoms with Gasteiger partial charge in [-0.2, -0.15) is 0 Å². The highest BCUT2D eigenvalue weighted by atomic mass is 79.9. The Morgan fingerprint density at radius 3 is 2.94 bits per heavy atom. The van der Waals surface area contributed by atoms with Crippen LogP contribution in [0.4, 0.5) is 0 Å². The van der Waals surface area contributed by atoms with Gasteiger partial charge in [0.1, 0.15) is 5.82 Å². The quantitative estimate of drug-likeness (QED) is 0.932. The summed E-state index contributed by atoms with van der Waals surface area (Å²) in [4.78, 5) is 4.34. The number of nitrogens with zero attached hydrogens (tertiary/aromatic N) is 2. The fraction of sp³-hybridized carbons (Fsp3) is 0.308. The molecule has 5 heteroatoms.